The van der Waals surface area contributed by atoms with Crippen molar-refractivity contribution >= 4 is 29.7 Å². The average molecular weight is 330 g/mol. The second-order valence-corrected chi connectivity index (χ2v) is 6.16. The van der Waals surface area contributed by atoms with Crippen LogP contribution in [0.4, 0.5) is 5.95 Å². The first-order valence-corrected chi connectivity index (χ1v) is 8.23. The Bertz CT molecular complexity index is 787. The number of hydrogen-bond donors (Lipinski definition) is 1. The molecule has 1 aromatic carbocycles. The van der Waals surface area contributed by atoms with Gasteiger partial charge in [0.05, 0.1) is 0 Å². The van der Waals surface area contributed by atoms with Crippen LogP contribution in [-0.4, -0.2) is 33.2 Å². The van der Waals surface area contributed by atoms with Crippen molar-refractivity contribution in [3.8, 4) is 11.5 Å². The molecule has 0 fully saturated rings. The van der Waals surface area contributed by atoms with Gasteiger partial charge in [-0.1, -0.05) is 17.8 Å². The zero-order valence-electron chi connectivity index (χ0n) is 12.2. The molecule has 1 aromatic heterocycles. The minimum atomic E-state index is -0.242. The Kier molecular flexibility index (Phi) is 3.66. The van der Waals surface area contributed by atoms with E-state index in [1.165, 1.54) is 6.08 Å². The first-order chi connectivity index (χ1) is 11.3. The molecule has 118 valence electrons. The summed E-state index contributed by atoms with van der Waals surface area (Å²) in [5.74, 6) is 2.70. The zero-order valence-corrected chi connectivity index (χ0v) is 13.0. The lowest BCUT2D eigenvalue weighted by Gasteiger charge is -2.13. The van der Waals surface area contributed by atoms with Crippen molar-refractivity contribution in [2.45, 2.75) is 18.1 Å². The van der Waals surface area contributed by atoms with E-state index < -0.39 is 0 Å². The Labute approximate surface area is 136 Å². The van der Waals surface area contributed by atoms with E-state index in [1.54, 1.807) is 17.8 Å². The maximum atomic E-state index is 12.1. The van der Waals surface area contributed by atoms with E-state index >= 15 is 0 Å². The summed E-state index contributed by atoms with van der Waals surface area (Å²) in [5.41, 5.74) is 0.864. The summed E-state index contributed by atoms with van der Waals surface area (Å²) < 4.78 is 12.5. The number of rotatable bonds is 3. The van der Waals surface area contributed by atoms with Crippen molar-refractivity contribution in [1.82, 2.24) is 14.8 Å². The monoisotopic (exact) mass is 330 g/mol. The van der Waals surface area contributed by atoms with Crippen molar-refractivity contribution < 1.29 is 14.3 Å². The molecule has 2 aromatic rings. The van der Waals surface area contributed by atoms with Crippen molar-refractivity contribution in [3.63, 3.8) is 0 Å². The molecule has 23 heavy (non-hydrogen) atoms. The van der Waals surface area contributed by atoms with Crippen LogP contribution in [0.5, 0.6) is 11.5 Å². The van der Waals surface area contributed by atoms with Crippen LogP contribution in [0, 0.1) is 0 Å². The van der Waals surface area contributed by atoms with E-state index in [0.29, 0.717) is 11.7 Å². The van der Waals surface area contributed by atoms with E-state index in [-0.39, 0.29) is 12.7 Å². The highest BCUT2D eigenvalue weighted by molar-refractivity contribution is 7.99. The standard InChI is InChI=1S/C15H14N4O3S/c20-13(16-14-17-18-15-19(14)6-1-7-23-15)5-3-10-2-4-11-12(8-10)22-9-21-11/h2-5,8H,1,6-7,9H2,(H,16,17,20)/b5-3+. The van der Waals surface area contributed by atoms with Gasteiger partial charge in [-0.05, 0) is 30.2 Å². The molecule has 3 heterocycles. The predicted molar refractivity (Wildman–Crippen MR) is 85.6 cm³/mol. The first-order valence-electron chi connectivity index (χ1n) is 7.24. The number of thioether (sulfide) groups is 1. The topological polar surface area (TPSA) is 78.3 Å². The number of fused-ring (bicyclic) bond motifs is 2. The molecular formula is C15H14N4O3S. The highest BCUT2D eigenvalue weighted by Gasteiger charge is 2.17. The molecule has 0 saturated heterocycles. The third-order valence-electron chi connectivity index (χ3n) is 3.53. The largest absolute Gasteiger partial charge is 0.454 e. The quantitative estimate of drug-likeness (QED) is 0.869. The van der Waals surface area contributed by atoms with Crippen LogP contribution in [0.15, 0.2) is 29.4 Å². The van der Waals surface area contributed by atoms with Gasteiger partial charge in [-0.2, -0.15) is 0 Å². The molecule has 0 spiro atoms. The number of carbonyl (C=O) groups is 1. The van der Waals surface area contributed by atoms with E-state index in [1.807, 2.05) is 22.8 Å². The van der Waals surface area contributed by atoms with E-state index in [0.717, 1.165) is 35.2 Å². The maximum absolute atomic E-state index is 12.1. The summed E-state index contributed by atoms with van der Waals surface area (Å²) in [5, 5.41) is 11.7. The normalized spacial score (nSPS) is 15.7. The van der Waals surface area contributed by atoms with Crippen LogP contribution in [0.1, 0.15) is 12.0 Å². The molecular weight excluding hydrogens is 316 g/mol. The second-order valence-electron chi connectivity index (χ2n) is 5.10. The smallest absolute Gasteiger partial charge is 0.250 e. The highest BCUT2D eigenvalue weighted by atomic mass is 32.2. The second kappa shape index (κ2) is 5.96. The van der Waals surface area contributed by atoms with Gasteiger partial charge in [-0.3, -0.25) is 14.7 Å². The number of nitrogens with zero attached hydrogens (tertiary/aromatic N) is 3. The lowest BCUT2D eigenvalue weighted by atomic mass is 10.2. The maximum Gasteiger partial charge on any atom is 0.250 e. The Balaban J connectivity index is 1.44. The van der Waals surface area contributed by atoms with Gasteiger partial charge in [0, 0.05) is 18.4 Å². The van der Waals surface area contributed by atoms with Crippen LogP contribution in [0.25, 0.3) is 6.08 Å². The molecule has 0 radical (unpaired) electrons. The van der Waals surface area contributed by atoms with Gasteiger partial charge in [-0.15, -0.1) is 10.2 Å². The SMILES string of the molecule is O=C(/C=C/c1ccc2c(c1)OCO2)Nc1nnc2n1CCCS2. The number of amides is 1. The Hall–Kier alpha value is -2.48. The van der Waals surface area contributed by atoms with Crippen LogP contribution in [-0.2, 0) is 11.3 Å². The third-order valence-corrected chi connectivity index (χ3v) is 4.59. The summed E-state index contributed by atoms with van der Waals surface area (Å²) in [4.78, 5) is 12.1. The Morgan fingerprint density at radius 1 is 1.30 bits per heavy atom. The van der Waals surface area contributed by atoms with E-state index in [9.17, 15) is 4.79 Å². The minimum Gasteiger partial charge on any atom is -0.454 e. The average Bonchev–Trinajstić information content (AvgIpc) is 3.20. The van der Waals surface area contributed by atoms with Gasteiger partial charge in [0.15, 0.2) is 16.7 Å². The summed E-state index contributed by atoms with van der Waals surface area (Å²) in [6.07, 6.45) is 4.24. The molecule has 0 atom stereocenters. The molecule has 2 aliphatic rings. The summed E-state index contributed by atoms with van der Waals surface area (Å²) in [6.45, 7) is 1.07. The number of aromatic nitrogens is 3. The van der Waals surface area contributed by atoms with Crippen LogP contribution >= 0.6 is 11.8 Å². The number of carbonyl (C=O) groups excluding carboxylic acids is 1. The third kappa shape index (κ3) is 2.89. The lowest BCUT2D eigenvalue weighted by Crippen LogP contribution is -2.15. The highest BCUT2D eigenvalue weighted by Crippen LogP contribution is 2.32. The predicted octanol–water partition coefficient (Wildman–Crippen LogP) is 2.15. The Morgan fingerprint density at radius 3 is 3.17 bits per heavy atom. The molecule has 2 aliphatic heterocycles. The van der Waals surface area contributed by atoms with Gasteiger partial charge >= 0.3 is 0 Å². The molecule has 4 rings (SSSR count). The molecule has 1 N–H and O–H groups in total. The minimum absolute atomic E-state index is 0.235. The number of ether oxygens (including phenoxy) is 2. The first kappa shape index (κ1) is 14.1. The molecule has 1 amide bonds. The van der Waals surface area contributed by atoms with Gasteiger partial charge < -0.3 is 9.47 Å². The summed E-state index contributed by atoms with van der Waals surface area (Å²) in [6, 6.07) is 5.53. The number of hydrogen-bond acceptors (Lipinski definition) is 6. The van der Waals surface area contributed by atoms with Gasteiger partial charge in [0.25, 0.3) is 5.91 Å². The van der Waals surface area contributed by atoms with Crippen molar-refractivity contribution in [3.05, 3.63) is 29.8 Å². The summed E-state index contributed by atoms with van der Waals surface area (Å²) >= 11 is 1.65. The molecule has 0 bridgehead atoms. The zero-order chi connectivity index (χ0) is 15.6. The van der Waals surface area contributed by atoms with Gasteiger partial charge in [0.1, 0.15) is 0 Å². The Morgan fingerprint density at radius 2 is 2.22 bits per heavy atom. The molecule has 7 nitrogen and oxygen atoms in total. The van der Waals surface area contributed by atoms with Crippen LogP contribution < -0.4 is 14.8 Å². The van der Waals surface area contributed by atoms with Gasteiger partial charge in [0.2, 0.25) is 12.7 Å². The van der Waals surface area contributed by atoms with Crippen LogP contribution in [0.2, 0.25) is 0 Å². The number of benzene rings is 1. The van der Waals surface area contributed by atoms with Gasteiger partial charge in [-0.25, -0.2) is 0 Å². The van der Waals surface area contributed by atoms with E-state index in [4.69, 9.17) is 9.47 Å². The fraction of sp³-hybridized carbons (Fsp3) is 0.267. The van der Waals surface area contributed by atoms with Crippen molar-refractivity contribution in [2.75, 3.05) is 17.9 Å². The molecule has 0 unspecified atom stereocenters. The lowest BCUT2D eigenvalue weighted by molar-refractivity contribution is -0.111. The van der Waals surface area contributed by atoms with E-state index in [2.05, 4.69) is 15.5 Å². The summed E-state index contributed by atoms with van der Waals surface area (Å²) in [7, 11) is 0. The molecule has 0 aliphatic carbocycles. The fourth-order valence-corrected chi connectivity index (χ4v) is 3.30. The van der Waals surface area contributed by atoms with Crippen LogP contribution in [0.3, 0.4) is 0 Å². The number of anilines is 1. The number of nitrogens with one attached hydrogen (secondary N) is 1. The molecule has 8 heteroatoms. The van der Waals surface area contributed by atoms with Crippen molar-refractivity contribution in [2.24, 2.45) is 0 Å². The van der Waals surface area contributed by atoms with Crippen molar-refractivity contribution in [1.29, 1.82) is 0 Å². The molecule has 0 saturated carbocycles. The fourth-order valence-electron chi connectivity index (χ4n) is 2.42.